The fourth-order valence-electron chi connectivity index (χ4n) is 4.16. The van der Waals surface area contributed by atoms with Crippen LogP contribution >= 0.6 is 34.4 Å². The van der Waals surface area contributed by atoms with Crippen molar-refractivity contribution >= 4 is 45.4 Å². The van der Waals surface area contributed by atoms with Gasteiger partial charge in [0, 0.05) is 53.9 Å². The first-order valence-corrected chi connectivity index (χ1v) is 13.6. The molecule has 0 aliphatic heterocycles. The lowest BCUT2D eigenvalue weighted by atomic mass is 10.1. The minimum atomic E-state index is -0.328. The Morgan fingerprint density at radius 2 is 0.919 bits per heavy atom. The molecule has 6 aromatic rings. The SMILES string of the molecule is COc1ccc(-c2ccc(-c3ccc(-c4ccc(-c5ccc(OC)cc5F)s4)c4nsnc34)s2)c(F)c1. The highest BCUT2D eigenvalue weighted by molar-refractivity contribution is 7.19. The number of methoxy groups -OCH3 is 2. The summed E-state index contributed by atoms with van der Waals surface area (Å²) in [6, 6.07) is 21.6. The van der Waals surface area contributed by atoms with E-state index in [4.69, 9.17) is 9.47 Å². The van der Waals surface area contributed by atoms with Crippen LogP contribution in [0.4, 0.5) is 8.78 Å². The second-order valence-corrected chi connectivity index (χ2v) is 10.8. The molecule has 4 nitrogen and oxygen atoms in total. The van der Waals surface area contributed by atoms with Crippen LogP contribution in [0.3, 0.4) is 0 Å². The number of fused-ring (bicyclic) bond motifs is 1. The average Bonchev–Trinajstić information content (AvgIpc) is 3.69. The van der Waals surface area contributed by atoms with Gasteiger partial charge < -0.3 is 9.47 Å². The lowest BCUT2D eigenvalue weighted by Gasteiger charge is -2.05. The molecule has 184 valence electrons. The van der Waals surface area contributed by atoms with Crippen LogP contribution < -0.4 is 9.47 Å². The fourth-order valence-corrected chi connectivity index (χ4v) is 6.86. The van der Waals surface area contributed by atoms with Gasteiger partial charge in [-0.15, -0.1) is 22.7 Å². The monoisotopic (exact) mass is 548 g/mol. The Kier molecular flexibility index (Phi) is 6.19. The number of hydrogen-bond donors (Lipinski definition) is 0. The van der Waals surface area contributed by atoms with E-state index in [0.29, 0.717) is 22.6 Å². The highest BCUT2D eigenvalue weighted by Crippen LogP contribution is 2.43. The van der Waals surface area contributed by atoms with Gasteiger partial charge in [-0.25, -0.2) is 8.78 Å². The molecule has 0 amide bonds. The van der Waals surface area contributed by atoms with Gasteiger partial charge in [0.1, 0.15) is 34.2 Å². The van der Waals surface area contributed by atoms with Crippen LogP contribution in [0.5, 0.6) is 11.5 Å². The molecule has 0 fully saturated rings. The summed E-state index contributed by atoms with van der Waals surface area (Å²) in [5, 5.41) is 0. The number of halogens is 2. The van der Waals surface area contributed by atoms with Crippen LogP contribution in [-0.2, 0) is 0 Å². The van der Waals surface area contributed by atoms with Gasteiger partial charge in [0.05, 0.1) is 25.9 Å². The minimum absolute atomic E-state index is 0.328. The van der Waals surface area contributed by atoms with Crippen molar-refractivity contribution in [2.24, 2.45) is 0 Å². The molecule has 3 heterocycles. The number of thiophene rings is 2. The van der Waals surface area contributed by atoms with Gasteiger partial charge in [0.2, 0.25) is 0 Å². The molecule has 0 N–H and O–H groups in total. The number of rotatable bonds is 6. The maximum Gasteiger partial charge on any atom is 0.135 e. The topological polar surface area (TPSA) is 44.2 Å². The van der Waals surface area contributed by atoms with E-state index in [0.717, 1.165) is 53.4 Å². The van der Waals surface area contributed by atoms with Gasteiger partial charge in [0.25, 0.3) is 0 Å². The normalized spacial score (nSPS) is 11.2. The Bertz CT molecular complexity index is 1630. The predicted octanol–water partition coefficient (Wildman–Crippen LogP) is 8.78. The Hall–Kier alpha value is -3.66. The molecule has 0 atom stereocenters. The van der Waals surface area contributed by atoms with E-state index in [9.17, 15) is 8.78 Å². The Labute approximate surface area is 223 Å². The second kappa shape index (κ2) is 9.66. The molecular formula is C28H18F2N2O2S3. The molecule has 37 heavy (non-hydrogen) atoms. The van der Waals surface area contributed by atoms with Crippen molar-refractivity contribution in [2.75, 3.05) is 14.2 Å². The van der Waals surface area contributed by atoms with Gasteiger partial charge in [-0.2, -0.15) is 8.75 Å². The molecule has 0 saturated carbocycles. The standard InChI is InChI=1S/C28H18F2N2O2S3/c1-33-15-3-5-17(21(29)13-15)23-9-11-25(35-23)19-7-8-20(28-27(19)31-37-32-28)26-12-10-24(36-26)18-6-4-16(34-2)14-22(18)30/h3-14H,1-2H3. The molecule has 0 aliphatic carbocycles. The number of nitrogens with zero attached hydrogens (tertiary/aromatic N) is 2. The van der Waals surface area contributed by atoms with Gasteiger partial charge in [0.15, 0.2) is 0 Å². The van der Waals surface area contributed by atoms with Crippen molar-refractivity contribution < 1.29 is 18.3 Å². The zero-order chi connectivity index (χ0) is 25.5. The lowest BCUT2D eigenvalue weighted by Crippen LogP contribution is -1.86. The summed E-state index contributed by atoms with van der Waals surface area (Å²) >= 11 is 4.15. The van der Waals surface area contributed by atoms with E-state index < -0.39 is 0 Å². The van der Waals surface area contributed by atoms with Crippen LogP contribution in [0.1, 0.15) is 0 Å². The first-order chi connectivity index (χ1) is 18.1. The van der Waals surface area contributed by atoms with Gasteiger partial charge in [-0.05, 0) is 48.5 Å². The van der Waals surface area contributed by atoms with Crippen molar-refractivity contribution in [3.05, 3.63) is 84.4 Å². The van der Waals surface area contributed by atoms with E-state index in [1.807, 2.05) is 36.4 Å². The number of benzene rings is 3. The lowest BCUT2D eigenvalue weighted by molar-refractivity contribution is 0.411. The number of aromatic nitrogens is 2. The van der Waals surface area contributed by atoms with Crippen LogP contribution in [0.2, 0.25) is 0 Å². The zero-order valence-corrected chi connectivity index (χ0v) is 22.1. The maximum atomic E-state index is 14.6. The first-order valence-electron chi connectivity index (χ1n) is 11.2. The van der Waals surface area contributed by atoms with Crippen LogP contribution in [0, 0.1) is 11.6 Å². The van der Waals surface area contributed by atoms with E-state index in [2.05, 4.69) is 8.75 Å². The van der Waals surface area contributed by atoms with Crippen LogP contribution in [-0.4, -0.2) is 23.0 Å². The molecule has 6 rings (SSSR count). The highest BCUT2D eigenvalue weighted by atomic mass is 32.1. The Morgan fingerprint density at radius 1 is 0.541 bits per heavy atom. The number of ether oxygens (including phenoxy) is 2. The fraction of sp³-hybridized carbons (Fsp3) is 0.0714. The van der Waals surface area contributed by atoms with Crippen molar-refractivity contribution in [3.8, 4) is 53.3 Å². The summed E-state index contributed by atoms with van der Waals surface area (Å²) in [5.74, 6) is 0.307. The predicted molar refractivity (Wildman–Crippen MR) is 148 cm³/mol. The van der Waals surface area contributed by atoms with Crippen molar-refractivity contribution in [1.29, 1.82) is 0 Å². The summed E-state index contributed by atoms with van der Waals surface area (Å²) in [4.78, 5) is 3.59. The summed E-state index contributed by atoms with van der Waals surface area (Å²) in [6.45, 7) is 0. The largest absolute Gasteiger partial charge is 0.497 e. The van der Waals surface area contributed by atoms with E-state index in [-0.39, 0.29) is 11.6 Å². The van der Waals surface area contributed by atoms with Gasteiger partial charge in [-0.3, -0.25) is 0 Å². The zero-order valence-electron chi connectivity index (χ0n) is 19.6. The quantitative estimate of drug-likeness (QED) is 0.209. The molecule has 0 unspecified atom stereocenters. The van der Waals surface area contributed by atoms with Gasteiger partial charge >= 0.3 is 0 Å². The Morgan fingerprint density at radius 3 is 1.30 bits per heavy atom. The molecule has 0 spiro atoms. The van der Waals surface area contributed by atoms with E-state index in [1.54, 1.807) is 24.3 Å². The molecule has 0 aliphatic rings. The highest BCUT2D eigenvalue weighted by Gasteiger charge is 2.18. The molecule has 0 saturated heterocycles. The minimum Gasteiger partial charge on any atom is -0.497 e. The second-order valence-electron chi connectivity index (χ2n) is 8.14. The first kappa shape index (κ1) is 23.7. The third-order valence-electron chi connectivity index (χ3n) is 6.04. The molecule has 3 aromatic heterocycles. The van der Waals surface area contributed by atoms with Crippen LogP contribution in [0.25, 0.3) is 52.8 Å². The summed E-state index contributed by atoms with van der Waals surface area (Å²) in [5.41, 5.74) is 4.51. The van der Waals surface area contributed by atoms with Gasteiger partial charge in [-0.1, -0.05) is 12.1 Å². The smallest absolute Gasteiger partial charge is 0.135 e. The van der Waals surface area contributed by atoms with Crippen molar-refractivity contribution in [1.82, 2.24) is 8.75 Å². The molecule has 9 heteroatoms. The van der Waals surface area contributed by atoms with Crippen molar-refractivity contribution in [3.63, 3.8) is 0 Å². The average molecular weight is 549 g/mol. The molecule has 3 aromatic carbocycles. The maximum absolute atomic E-state index is 14.6. The summed E-state index contributed by atoms with van der Waals surface area (Å²) in [6.07, 6.45) is 0. The molecular weight excluding hydrogens is 531 g/mol. The van der Waals surface area contributed by atoms with Crippen molar-refractivity contribution in [2.45, 2.75) is 0 Å². The Balaban J connectivity index is 1.36. The third-order valence-corrected chi connectivity index (χ3v) is 8.87. The summed E-state index contributed by atoms with van der Waals surface area (Å²) in [7, 11) is 3.03. The molecule has 0 radical (unpaired) electrons. The van der Waals surface area contributed by atoms with Crippen LogP contribution in [0.15, 0.2) is 72.8 Å². The van der Waals surface area contributed by atoms with E-state index >= 15 is 0 Å². The van der Waals surface area contributed by atoms with E-state index in [1.165, 1.54) is 49.0 Å². The summed E-state index contributed by atoms with van der Waals surface area (Å²) < 4.78 is 48.7. The third kappa shape index (κ3) is 4.29. The number of hydrogen-bond acceptors (Lipinski definition) is 7. The molecule has 0 bridgehead atoms.